The molecule has 1 atom stereocenters. The number of imide groups is 1. The summed E-state index contributed by atoms with van der Waals surface area (Å²) >= 11 is 0. The first-order valence-corrected chi connectivity index (χ1v) is 10.7. The lowest BCUT2D eigenvalue weighted by Gasteiger charge is -2.29. The third-order valence-electron chi connectivity index (χ3n) is 6.37. The van der Waals surface area contributed by atoms with Crippen LogP contribution in [-0.2, 0) is 25.7 Å². The molecule has 1 aliphatic carbocycles. The van der Waals surface area contributed by atoms with E-state index in [-0.39, 0.29) is 42.6 Å². The lowest BCUT2D eigenvalue weighted by Crippen LogP contribution is -2.52. The minimum atomic E-state index is -0.683. The first-order valence-electron chi connectivity index (χ1n) is 10.7. The van der Waals surface area contributed by atoms with E-state index < -0.39 is 11.9 Å². The summed E-state index contributed by atoms with van der Waals surface area (Å²) in [5, 5.41) is 7.69. The average molecular weight is 436 g/mol. The second kappa shape index (κ2) is 9.22. The molecule has 1 aromatic carbocycles. The van der Waals surface area contributed by atoms with E-state index in [1.807, 2.05) is 0 Å². The Labute approximate surface area is 185 Å². The summed E-state index contributed by atoms with van der Waals surface area (Å²) in [5.41, 5.74) is 1.81. The number of hydrogen-bond acceptors (Lipinski definition) is 5. The van der Waals surface area contributed by atoms with Crippen molar-refractivity contribution in [3.8, 4) is 12.0 Å². The fourth-order valence-corrected chi connectivity index (χ4v) is 4.58. The number of carbonyl (C=O) groups is 5. The minimum Gasteiger partial charge on any atom is -0.356 e. The van der Waals surface area contributed by atoms with Gasteiger partial charge in [-0.1, -0.05) is 6.07 Å². The fraction of sp³-hybridized carbons (Fsp3) is 0.435. The van der Waals surface area contributed by atoms with Gasteiger partial charge in [0.25, 0.3) is 5.91 Å². The summed E-state index contributed by atoms with van der Waals surface area (Å²) in [6.45, 7) is 0.229. The first-order chi connectivity index (χ1) is 15.5. The molecule has 2 aliphatic heterocycles. The fourth-order valence-electron chi connectivity index (χ4n) is 4.58. The summed E-state index contributed by atoms with van der Waals surface area (Å²) in [6, 6.07) is 7.34. The van der Waals surface area contributed by atoms with E-state index in [1.54, 1.807) is 18.2 Å². The Balaban J connectivity index is 1.41. The van der Waals surface area contributed by atoms with Gasteiger partial charge in [-0.2, -0.15) is 0 Å². The average Bonchev–Trinajstić information content (AvgIpc) is 3.12. The maximum absolute atomic E-state index is 12.9. The van der Waals surface area contributed by atoms with Crippen LogP contribution in [0.15, 0.2) is 18.2 Å². The third kappa shape index (κ3) is 4.35. The number of fused-ring (bicyclic) bond motifs is 1. The van der Waals surface area contributed by atoms with Gasteiger partial charge >= 0.3 is 0 Å². The summed E-state index contributed by atoms with van der Waals surface area (Å²) < 4.78 is 0. The van der Waals surface area contributed by atoms with Crippen LogP contribution in [0.4, 0.5) is 0 Å². The molecule has 1 saturated carbocycles. The zero-order valence-corrected chi connectivity index (χ0v) is 17.5. The molecule has 9 nitrogen and oxygen atoms in total. The molecule has 1 unspecified atom stereocenters. The van der Waals surface area contributed by atoms with Crippen molar-refractivity contribution in [2.75, 3.05) is 0 Å². The van der Waals surface area contributed by atoms with Crippen LogP contribution in [0.3, 0.4) is 0 Å². The molecular weight excluding hydrogens is 412 g/mol. The van der Waals surface area contributed by atoms with Gasteiger partial charge < -0.3 is 10.2 Å². The highest BCUT2D eigenvalue weighted by Gasteiger charge is 2.39. The molecule has 9 heteroatoms. The van der Waals surface area contributed by atoms with E-state index in [1.165, 1.54) is 4.90 Å². The molecule has 4 rings (SSSR count). The second-order valence-corrected chi connectivity index (χ2v) is 8.30. The molecule has 5 amide bonds. The molecule has 0 aromatic heterocycles. The predicted octanol–water partition coefficient (Wildman–Crippen LogP) is 0.178. The summed E-state index contributed by atoms with van der Waals surface area (Å²) in [6.07, 6.45) is 4.09. The third-order valence-corrected chi connectivity index (χ3v) is 6.37. The molecule has 1 aromatic rings. The molecule has 0 radical (unpaired) electrons. The smallest absolute Gasteiger partial charge is 0.255 e. The van der Waals surface area contributed by atoms with Crippen LogP contribution < -0.4 is 16.0 Å². The summed E-state index contributed by atoms with van der Waals surface area (Å²) in [4.78, 5) is 60.9. The van der Waals surface area contributed by atoms with Crippen molar-refractivity contribution in [1.82, 2.24) is 20.9 Å². The van der Waals surface area contributed by atoms with Crippen LogP contribution in [0.25, 0.3) is 0 Å². The largest absolute Gasteiger partial charge is 0.356 e. The zero-order valence-electron chi connectivity index (χ0n) is 17.5. The van der Waals surface area contributed by atoms with Crippen molar-refractivity contribution in [3.63, 3.8) is 0 Å². The summed E-state index contributed by atoms with van der Waals surface area (Å²) in [5.74, 6) is 1.60. The van der Waals surface area contributed by atoms with Crippen LogP contribution in [0.5, 0.6) is 0 Å². The lowest BCUT2D eigenvalue weighted by atomic mass is 9.85. The number of carbonyl (C=O) groups excluding carboxylic acids is 5. The van der Waals surface area contributed by atoms with Crippen molar-refractivity contribution >= 4 is 30.0 Å². The Kier molecular flexibility index (Phi) is 6.21. The Hall–Kier alpha value is -3.67. The Morgan fingerprint density at radius 1 is 1.12 bits per heavy atom. The monoisotopic (exact) mass is 436 g/mol. The molecule has 2 heterocycles. The van der Waals surface area contributed by atoms with Gasteiger partial charge in [0.2, 0.25) is 24.1 Å². The number of hydrogen-bond donors (Lipinski definition) is 3. The van der Waals surface area contributed by atoms with Crippen LogP contribution in [0.1, 0.15) is 60.0 Å². The molecule has 1 saturated heterocycles. The maximum atomic E-state index is 12.9. The standard InChI is InChI=1S/C23H24N4O5/c28-13-25-16-6-4-15(5-7-16)21(30)24-11-10-14-2-1-3-17-18(14)12-27(23(17)32)19-8-9-20(29)26-22(19)31/h1-3,13,15-16,19H,4-9,12H2,(H,24,30)(H,25,28)(H,26,29,31)/t15-,16-,19?. The van der Waals surface area contributed by atoms with Crippen molar-refractivity contribution in [2.24, 2.45) is 5.92 Å². The molecule has 0 bridgehead atoms. The highest BCUT2D eigenvalue weighted by Crippen LogP contribution is 2.29. The van der Waals surface area contributed by atoms with E-state index in [0.29, 0.717) is 42.4 Å². The zero-order chi connectivity index (χ0) is 22.7. The minimum absolute atomic E-state index is 0.124. The van der Waals surface area contributed by atoms with E-state index >= 15 is 0 Å². The van der Waals surface area contributed by atoms with E-state index in [9.17, 15) is 24.0 Å². The van der Waals surface area contributed by atoms with Crippen molar-refractivity contribution < 1.29 is 24.0 Å². The molecule has 166 valence electrons. The number of rotatable bonds is 4. The molecular formula is C23H24N4O5. The molecule has 2 fully saturated rings. The van der Waals surface area contributed by atoms with Gasteiger partial charge in [-0.05, 0) is 55.7 Å². The Morgan fingerprint density at radius 2 is 1.91 bits per heavy atom. The Morgan fingerprint density at radius 3 is 2.62 bits per heavy atom. The molecule has 3 aliphatic rings. The van der Waals surface area contributed by atoms with Crippen molar-refractivity contribution in [2.45, 2.75) is 57.2 Å². The topological polar surface area (TPSA) is 125 Å². The van der Waals surface area contributed by atoms with Crippen LogP contribution >= 0.6 is 0 Å². The first kappa shape index (κ1) is 21.6. The highest BCUT2D eigenvalue weighted by molar-refractivity contribution is 6.05. The quantitative estimate of drug-likeness (QED) is 0.269. The van der Waals surface area contributed by atoms with Crippen molar-refractivity contribution in [3.05, 3.63) is 34.9 Å². The van der Waals surface area contributed by atoms with Crippen LogP contribution in [-0.4, -0.2) is 47.0 Å². The van der Waals surface area contributed by atoms with Crippen LogP contribution in [0, 0.1) is 17.9 Å². The maximum Gasteiger partial charge on any atom is 0.255 e. The second-order valence-electron chi connectivity index (χ2n) is 8.30. The molecule has 32 heavy (non-hydrogen) atoms. The molecule has 0 spiro atoms. The van der Waals surface area contributed by atoms with Gasteiger partial charge in [0.05, 0.1) is 0 Å². The van der Waals surface area contributed by atoms with Gasteiger partial charge in [-0.3, -0.25) is 34.6 Å². The van der Waals surface area contributed by atoms with Gasteiger partial charge in [-0.25, -0.2) is 0 Å². The van der Waals surface area contributed by atoms with Gasteiger partial charge in [0, 0.05) is 42.1 Å². The van der Waals surface area contributed by atoms with E-state index in [0.717, 1.165) is 12.8 Å². The lowest BCUT2D eigenvalue weighted by molar-refractivity contribution is -0.137. The van der Waals surface area contributed by atoms with Crippen molar-refractivity contribution in [1.29, 1.82) is 0 Å². The SMILES string of the molecule is O=CN[C@H]1CC[C@H](C(=O)NC#Cc2cccc3c2CN(C2CCC(=O)NC2=O)C3=O)CC1. The number of piperidine rings is 1. The predicted molar refractivity (Wildman–Crippen MR) is 112 cm³/mol. The summed E-state index contributed by atoms with van der Waals surface area (Å²) in [7, 11) is 0. The van der Waals surface area contributed by atoms with E-state index in [2.05, 4.69) is 27.9 Å². The Bertz CT molecular complexity index is 1030. The number of amides is 5. The van der Waals surface area contributed by atoms with Gasteiger partial charge in [0.1, 0.15) is 6.04 Å². The van der Waals surface area contributed by atoms with Gasteiger partial charge in [0.15, 0.2) is 0 Å². The highest BCUT2D eigenvalue weighted by atomic mass is 16.2. The van der Waals surface area contributed by atoms with Crippen LogP contribution in [0.2, 0.25) is 0 Å². The number of benzene rings is 1. The number of nitrogens with one attached hydrogen (secondary N) is 3. The number of nitrogens with zero attached hydrogens (tertiary/aromatic N) is 1. The van der Waals surface area contributed by atoms with E-state index in [4.69, 9.17) is 0 Å². The molecule has 3 N–H and O–H groups in total. The normalized spacial score (nSPS) is 24.7. The van der Waals surface area contributed by atoms with Gasteiger partial charge in [-0.15, -0.1) is 0 Å².